The first-order valence-corrected chi connectivity index (χ1v) is 5.63. The summed E-state index contributed by atoms with van der Waals surface area (Å²) in [6.07, 6.45) is 0. The van der Waals surface area contributed by atoms with Gasteiger partial charge in [0.25, 0.3) is 5.89 Å². The molecule has 1 aromatic carbocycles. The van der Waals surface area contributed by atoms with Crippen LogP contribution >= 0.6 is 0 Å². The molecule has 0 spiro atoms. The third-order valence-electron chi connectivity index (χ3n) is 2.53. The summed E-state index contributed by atoms with van der Waals surface area (Å²) in [5, 5.41) is 3.67. The maximum atomic E-state index is 13.3. The van der Waals surface area contributed by atoms with Crippen LogP contribution in [-0.4, -0.2) is 15.9 Å². The smallest absolute Gasteiger partial charge is 0.258 e. The lowest BCUT2D eigenvalue weighted by Crippen LogP contribution is -2.09. The first-order chi connectivity index (χ1) is 8.49. The molecule has 0 aliphatic carbocycles. The molecule has 2 rings (SSSR count). The number of ketones is 1. The molecule has 18 heavy (non-hydrogen) atoms. The SMILES string of the molecule is Cc1noc(-c2ccc(F)cc2C(=O)C(C)C)n1. The first kappa shape index (κ1) is 12.4. The van der Waals surface area contributed by atoms with Gasteiger partial charge in [0.15, 0.2) is 11.6 Å². The van der Waals surface area contributed by atoms with Crippen LogP contribution in [0.25, 0.3) is 11.5 Å². The Bertz CT molecular complexity index is 590. The summed E-state index contributed by atoms with van der Waals surface area (Å²) in [5.41, 5.74) is 0.740. The first-order valence-electron chi connectivity index (χ1n) is 5.63. The molecule has 0 fully saturated rings. The lowest BCUT2D eigenvalue weighted by atomic mass is 9.96. The minimum Gasteiger partial charge on any atom is -0.334 e. The molecule has 0 N–H and O–H groups in total. The average molecular weight is 248 g/mol. The Balaban J connectivity index is 2.57. The van der Waals surface area contributed by atoms with Crippen LogP contribution < -0.4 is 0 Å². The predicted octanol–water partition coefficient (Wildman–Crippen LogP) is 3.02. The van der Waals surface area contributed by atoms with Gasteiger partial charge in [-0.25, -0.2) is 4.39 Å². The molecule has 94 valence electrons. The molecule has 0 aliphatic heterocycles. The van der Waals surface area contributed by atoms with Crippen molar-refractivity contribution in [3.8, 4) is 11.5 Å². The Morgan fingerprint density at radius 1 is 1.39 bits per heavy atom. The van der Waals surface area contributed by atoms with Crippen LogP contribution in [0.2, 0.25) is 0 Å². The van der Waals surface area contributed by atoms with Crippen LogP contribution in [0.5, 0.6) is 0 Å². The molecule has 1 aromatic heterocycles. The Morgan fingerprint density at radius 3 is 2.67 bits per heavy atom. The Kier molecular flexibility index (Phi) is 3.23. The molecule has 0 bridgehead atoms. The van der Waals surface area contributed by atoms with Crippen LogP contribution in [0.4, 0.5) is 4.39 Å². The minimum absolute atomic E-state index is 0.152. The van der Waals surface area contributed by atoms with Gasteiger partial charge in [-0.3, -0.25) is 4.79 Å². The van der Waals surface area contributed by atoms with Gasteiger partial charge in [0.2, 0.25) is 0 Å². The second-order valence-electron chi connectivity index (χ2n) is 4.36. The summed E-state index contributed by atoms with van der Waals surface area (Å²) >= 11 is 0. The molecule has 0 saturated carbocycles. The van der Waals surface area contributed by atoms with Crippen LogP contribution in [0.15, 0.2) is 22.7 Å². The number of nitrogens with zero attached hydrogens (tertiary/aromatic N) is 2. The average Bonchev–Trinajstić information content (AvgIpc) is 2.74. The van der Waals surface area contributed by atoms with E-state index in [9.17, 15) is 9.18 Å². The van der Waals surface area contributed by atoms with Crippen molar-refractivity contribution in [2.75, 3.05) is 0 Å². The molecule has 0 unspecified atom stereocenters. The van der Waals surface area contributed by atoms with Crippen molar-refractivity contribution >= 4 is 5.78 Å². The van der Waals surface area contributed by atoms with Crippen molar-refractivity contribution in [1.29, 1.82) is 0 Å². The topological polar surface area (TPSA) is 56.0 Å². The van der Waals surface area contributed by atoms with E-state index in [0.717, 1.165) is 0 Å². The summed E-state index contributed by atoms with van der Waals surface area (Å²) in [5.74, 6) is -0.136. The van der Waals surface area contributed by atoms with Gasteiger partial charge in [0, 0.05) is 11.5 Å². The van der Waals surface area contributed by atoms with Crippen molar-refractivity contribution in [2.24, 2.45) is 5.92 Å². The number of hydrogen-bond donors (Lipinski definition) is 0. The Hall–Kier alpha value is -2.04. The number of carbonyl (C=O) groups is 1. The largest absolute Gasteiger partial charge is 0.334 e. The zero-order valence-electron chi connectivity index (χ0n) is 10.4. The maximum absolute atomic E-state index is 13.3. The van der Waals surface area contributed by atoms with E-state index in [0.29, 0.717) is 11.4 Å². The molecular formula is C13H13FN2O2. The zero-order chi connectivity index (χ0) is 13.3. The normalized spacial score (nSPS) is 10.9. The van der Waals surface area contributed by atoms with Crippen molar-refractivity contribution in [2.45, 2.75) is 20.8 Å². The van der Waals surface area contributed by atoms with E-state index in [2.05, 4.69) is 10.1 Å². The third-order valence-corrected chi connectivity index (χ3v) is 2.53. The molecule has 0 saturated heterocycles. The Morgan fingerprint density at radius 2 is 2.11 bits per heavy atom. The Labute approximate surface area is 104 Å². The van der Waals surface area contributed by atoms with E-state index < -0.39 is 5.82 Å². The number of Topliss-reactive ketones (excluding diaryl/α,β-unsaturated/α-hetero) is 1. The van der Waals surface area contributed by atoms with Gasteiger partial charge in [-0.2, -0.15) is 4.98 Å². The fourth-order valence-corrected chi connectivity index (χ4v) is 1.62. The highest BCUT2D eigenvalue weighted by Gasteiger charge is 2.20. The van der Waals surface area contributed by atoms with E-state index in [-0.39, 0.29) is 23.2 Å². The molecule has 0 atom stereocenters. The van der Waals surface area contributed by atoms with E-state index >= 15 is 0 Å². The number of aromatic nitrogens is 2. The van der Waals surface area contributed by atoms with Gasteiger partial charge in [0.05, 0.1) is 5.56 Å². The molecule has 1 heterocycles. The molecular weight excluding hydrogens is 235 g/mol. The number of benzene rings is 1. The summed E-state index contributed by atoms with van der Waals surface area (Å²) < 4.78 is 18.3. The molecule has 0 aliphatic rings. The lowest BCUT2D eigenvalue weighted by Gasteiger charge is -2.07. The van der Waals surface area contributed by atoms with Crippen molar-refractivity contribution in [1.82, 2.24) is 10.1 Å². The fourth-order valence-electron chi connectivity index (χ4n) is 1.62. The molecule has 0 amide bonds. The van der Waals surface area contributed by atoms with Gasteiger partial charge >= 0.3 is 0 Å². The van der Waals surface area contributed by atoms with Crippen LogP contribution in [-0.2, 0) is 0 Å². The maximum Gasteiger partial charge on any atom is 0.258 e. The zero-order valence-corrected chi connectivity index (χ0v) is 10.4. The standard InChI is InChI=1S/C13H13FN2O2/c1-7(2)12(17)11-6-9(14)4-5-10(11)13-15-8(3)16-18-13/h4-7H,1-3H3. The second kappa shape index (κ2) is 4.68. The number of halogens is 1. The van der Waals surface area contributed by atoms with E-state index in [4.69, 9.17) is 4.52 Å². The van der Waals surface area contributed by atoms with Crippen molar-refractivity contribution in [3.05, 3.63) is 35.4 Å². The van der Waals surface area contributed by atoms with E-state index in [1.807, 2.05) is 0 Å². The summed E-state index contributed by atoms with van der Waals surface area (Å²) in [6, 6.07) is 3.96. The quantitative estimate of drug-likeness (QED) is 0.783. The lowest BCUT2D eigenvalue weighted by molar-refractivity contribution is 0.0939. The molecule has 2 aromatic rings. The van der Waals surface area contributed by atoms with Crippen LogP contribution in [0, 0.1) is 18.7 Å². The number of rotatable bonds is 3. The molecule has 4 nitrogen and oxygen atoms in total. The number of hydrogen-bond acceptors (Lipinski definition) is 4. The second-order valence-corrected chi connectivity index (χ2v) is 4.36. The van der Waals surface area contributed by atoms with Gasteiger partial charge in [0.1, 0.15) is 5.82 Å². The van der Waals surface area contributed by atoms with Gasteiger partial charge in [-0.05, 0) is 25.1 Å². The summed E-state index contributed by atoms with van der Waals surface area (Å²) in [7, 11) is 0. The van der Waals surface area contributed by atoms with Gasteiger partial charge in [-0.1, -0.05) is 19.0 Å². The van der Waals surface area contributed by atoms with E-state index in [1.54, 1.807) is 20.8 Å². The monoisotopic (exact) mass is 248 g/mol. The predicted molar refractivity (Wildman–Crippen MR) is 63.6 cm³/mol. The van der Waals surface area contributed by atoms with E-state index in [1.165, 1.54) is 18.2 Å². The molecule has 5 heteroatoms. The van der Waals surface area contributed by atoms with Gasteiger partial charge in [-0.15, -0.1) is 0 Å². The van der Waals surface area contributed by atoms with Crippen molar-refractivity contribution < 1.29 is 13.7 Å². The number of aryl methyl sites for hydroxylation is 1. The van der Waals surface area contributed by atoms with Gasteiger partial charge < -0.3 is 4.52 Å². The third kappa shape index (κ3) is 2.30. The highest BCUT2D eigenvalue weighted by atomic mass is 19.1. The van der Waals surface area contributed by atoms with Crippen molar-refractivity contribution in [3.63, 3.8) is 0 Å². The highest BCUT2D eigenvalue weighted by molar-refractivity contribution is 6.02. The summed E-state index contributed by atoms with van der Waals surface area (Å²) in [6.45, 7) is 5.20. The highest BCUT2D eigenvalue weighted by Crippen LogP contribution is 2.25. The fraction of sp³-hybridized carbons (Fsp3) is 0.308. The number of carbonyl (C=O) groups excluding carboxylic acids is 1. The van der Waals surface area contributed by atoms with Crippen LogP contribution in [0.1, 0.15) is 30.0 Å². The summed E-state index contributed by atoms with van der Waals surface area (Å²) in [4.78, 5) is 16.1. The minimum atomic E-state index is -0.459. The van der Waals surface area contributed by atoms with Crippen LogP contribution in [0.3, 0.4) is 0 Å². The molecule has 0 radical (unpaired) electrons.